The van der Waals surface area contributed by atoms with Crippen molar-refractivity contribution in [3.63, 3.8) is 0 Å². The first kappa shape index (κ1) is 18.0. The van der Waals surface area contributed by atoms with Gasteiger partial charge in [0.25, 0.3) is 0 Å². The van der Waals surface area contributed by atoms with Gasteiger partial charge in [-0.2, -0.15) is 0 Å². The molecule has 0 saturated heterocycles. The zero-order valence-electron chi connectivity index (χ0n) is 17.5. The average Bonchev–Trinajstić information content (AvgIpc) is 2.94. The summed E-state index contributed by atoms with van der Waals surface area (Å²) in [5.41, 5.74) is 12.9. The van der Waals surface area contributed by atoms with Gasteiger partial charge in [-0.15, -0.1) is 0 Å². The SMILES string of the molecule is Cc1ccc2c(c1)Cc1c-2ccc(-c2cc(CC(C)(C)C)cc[n+]2C)c1C. The van der Waals surface area contributed by atoms with Crippen molar-refractivity contribution >= 4 is 0 Å². The quantitative estimate of drug-likeness (QED) is 0.390. The van der Waals surface area contributed by atoms with Gasteiger partial charge in [0.2, 0.25) is 5.69 Å². The number of pyridine rings is 1. The number of rotatable bonds is 2. The maximum Gasteiger partial charge on any atom is 0.212 e. The number of benzene rings is 2. The summed E-state index contributed by atoms with van der Waals surface area (Å²) in [5.74, 6) is 0. The minimum atomic E-state index is 0.295. The van der Waals surface area contributed by atoms with Crippen LogP contribution in [0.3, 0.4) is 0 Å². The van der Waals surface area contributed by atoms with Crippen molar-refractivity contribution < 1.29 is 4.57 Å². The van der Waals surface area contributed by atoms with Crippen LogP contribution in [0.15, 0.2) is 48.7 Å². The first-order valence-electron chi connectivity index (χ1n) is 9.94. The zero-order valence-corrected chi connectivity index (χ0v) is 17.5. The smallest absolute Gasteiger partial charge is 0.201 e. The van der Waals surface area contributed by atoms with E-state index < -0.39 is 0 Å². The van der Waals surface area contributed by atoms with Crippen LogP contribution >= 0.6 is 0 Å². The molecule has 4 rings (SSSR count). The second-order valence-corrected chi connectivity index (χ2v) is 9.37. The topological polar surface area (TPSA) is 3.88 Å². The van der Waals surface area contributed by atoms with E-state index in [0.717, 1.165) is 12.8 Å². The Kier molecular flexibility index (Phi) is 4.22. The predicted molar refractivity (Wildman–Crippen MR) is 114 cm³/mol. The molecule has 0 amide bonds. The van der Waals surface area contributed by atoms with E-state index in [1.165, 1.54) is 50.2 Å². The maximum atomic E-state index is 2.38. The summed E-state index contributed by atoms with van der Waals surface area (Å²) in [5, 5.41) is 0. The molecule has 1 heteroatoms. The van der Waals surface area contributed by atoms with Gasteiger partial charge >= 0.3 is 0 Å². The number of fused-ring (bicyclic) bond motifs is 3. The van der Waals surface area contributed by atoms with E-state index in [1.54, 1.807) is 0 Å². The lowest BCUT2D eigenvalue weighted by Crippen LogP contribution is -2.31. The molecule has 0 atom stereocenters. The number of hydrogen-bond donors (Lipinski definition) is 0. The molecule has 1 nitrogen and oxygen atoms in total. The lowest BCUT2D eigenvalue weighted by atomic mass is 9.87. The van der Waals surface area contributed by atoms with Crippen LogP contribution < -0.4 is 4.57 Å². The van der Waals surface area contributed by atoms with Gasteiger partial charge in [0, 0.05) is 17.7 Å². The highest BCUT2D eigenvalue weighted by Gasteiger charge is 2.24. The number of nitrogens with zero attached hydrogens (tertiary/aromatic N) is 1. The van der Waals surface area contributed by atoms with Gasteiger partial charge in [0.15, 0.2) is 6.20 Å². The zero-order chi connectivity index (χ0) is 19.3. The minimum absolute atomic E-state index is 0.295. The summed E-state index contributed by atoms with van der Waals surface area (Å²) in [6, 6.07) is 16.2. The highest BCUT2D eigenvalue weighted by Crippen LogP contribution is 2.41. The third kappa shape index (κ3) is 3.32. The molecule has 0 N–H and O–H groups in total. The van der Waals surface area contributed by atoms with Gasteiger partial charge in [-0.3, -0.25) is 0 Å². The Bertz CT molecular complexity index is 1030. The van der Waals surface area contributed by atoms with Crippen LogP contribution in [0.4, 0.5) is 0 Å². The molecule has 1 heterocycles. The number of hydrogen-bond acceptors (Lipinski definition) is 0. The normalized spacial score (nSPS) is 12.8. The van der Waals surface area contributed by atoms with E-state index in [2.05, 4.69) is 94.9 Å². The molecule has 2 aromatic carbocycles. The van der Waals surface area contributed by atoms with Gasteiger partial charge < -0.3 is 0 Å². The monoisotopic (exact) mass is 356 g/mol. The summed E-state index contributed by atoms with van der Waals surface area (Å²) < 4.78 is 2.26. The highest BCUT2D eigenvalue weighted by molar-refractivity contribution is 5.82. The van der Waals surface area contributed by atoms with Crippen LogP contribution in [0.2, 0.25) is 0 Å². The fourth-order valence-corrected chi connectivity index (χ4v) is 4.44. The van der Waals surface area contributed by atoms with Crippen molar-refractivity contribution in [2.45, 2.75) is 47.5 Å². The van der Waals surface area contributed by atoms with Crippen LogP contribution in [0.1, 0.15) is 48.6 Å². The average molecular weight is 357 g/mol. The van der Waals surface area contributed by atoms with E-state index >= 15 is 0 Å². The van der Waals surface area contributed by atoms with E-state index in [-0.39, 0.29) is 0 Å². The molecule has 3 aromatic rings. The van der Waals surface area contributed by atoms with Crippen LogP contribution in [0.5, 0.6) is 0 Å². The Hall–Kier alpha value is -2.41. The molecule has 1 aromatic heterocycles. The third-order valence-corrected chi connectivity index (χ3v) is 5.74. The summed E-state index contributed by atoms with van der Waals surface area (Å²) in [6.07, 6.45) is 4.36. The molecule has 0 fully saturated rings. The van der Waals surface area contributed by atoms with Crippen molar-refractivity contribution in [2.75, 3.05) is 0 Å². The second-order valence-electron chi connectivity index (χ2n) is 9.37. The van der Waals surface area contributed by atoms with E-state index in [1.807, 2.05) is 0 Å². The molecule has 0 radical (unpaired) electrons. The third-order valence-electron chi connectivity index (χ3n) is 5.74. The number of aryl methyl sites for hydroxylation is 2. The molecule has 0 unspecified atom stereocenters. The van der Waals surface area contributed by atoms with E-state index in [9.17, 15) is 0 Å². The molecule has 0 aliphatic heterocycles. The number of aromatic nitrogens is 1. The van der Waals surface area contributed by atoms with Gasteiger partial charge in [-0.05, 0) is 71.6 Å². The lowest BCUT2D eigenvalue weighted by molar-refractivity contribution is -0.660. The molecule has 138 valence electrons. The van der Waals surface area contributed by atoms with Crippen LogP contribution in [0, 0.1) is 19.3 Å². The maximum absolute atomic E-state index is 2.38. The Morgan fingerprint density at radius 3 is 2.33 bits per heavy atom. The summed E-state index contributed by atoms with van der Waals surface area (Å²) in [7, 11) is 2.15. The van der Waals surface area contributed by atoms with E-state index in [0.29, 0.717) is 5.41 Å². The predicted octanol–water partition coefficient (Wildman–Crippen LogP) is 5.95. The van der Waals surface area contributed by atoms with Crippen molar-refractivity contribution in [3.05, 3.63) is 76.5 Å². The largest absolute Gasteiger partial charge is 0.212 e. The Morgan fingerprint density at radius 2 is 1.59 bits per heavy atom. The molecular weight excluding hydrogens is 326 g/mol. The van der Waals surface area contributed by atoms with Gasteiger partial charge in [-0.1, -0.05) is 50.6 Å². The van der Waals surface area contributed by atoms with Gasteiger partial charge in [-0.25, -0.2) is 4.57 Å². The van der Waals surface area contributed by atoms with Crippen molar-refractivity contribution in [1.29, 1.82) is 0 Å². The van der Waals surface area contributed by atoms with Gasteiger partial charge in [0.1, 0.15) is 7.05 Å². The first-order valence-corrected chi connectivity index (χ1v) is 9.94. The Balaban J connectivity index is 1.80. The minimum Gasteiger partial charge on any atom is -0.201 e. The fraction of sp³-hybridized carbons (Fsp3) is 0.346. The second kappa shape index (κ2) is 6.34. The Morgan fingerprint density at radius 1 is 0.889 bits per heavy atom. The first-order chi connectivity index (χ1) is 12.7. The standard InChI is InChI=1S/C26H30N/c1-17-7-8-22-20(13-17)15-24-18(2)21(9-10-23(22)24)25-14-19(11-12-27(25)6)16-26(3,4)5/h7-14H,15-16H2,1-6H3/q+1. The van der Waals surface area contributed by atoms with Crippen LogP contribution in [-0.2, 0) is 19.9 Å². The Labute approximate surface area is 163 Å². The lowest BCUT2D eigenvalue weighted by Gasteiger charge is -2.18. The van der Waals surface area contributed by atoms with Crippen LogP contribution in [0.25, 0.3) is 22.4 Å². The highest BCUT2D eigenvalue weighted by atomic mass is 14.9. The molecule has 27 heavy (non-hydrogen) atoms. The fourth-order valence-electron chi connectivity index (χ4n) is 4.44. The van der Waals surface area contributed by atoms with Crippen LogP contribution in [-0.4, -0.2) is 0 Å². The molecular formula is C26H30N+. The summed E-state index contributed by atoms with van der Waals surface area (Å²) >= 11 is 0. The van der Waals surface area contributed by atoms with Crippen molar-refractivity contribution in [3.8, 4) is 22.4 Å². The molecule has 1 aliphatic carbocycles. The summed E-state index contributed by atoms with van der Waals surface area (Å²) in [4.78, 5) is 0. The van der Waals surface area contributed by atoms with Crippen molar-refractivity contribution in [1.82, 2.24) is 0 Å². The molecule has 0 spiro atoms. The van der Waals surface area contributed by atoms with E-state index in [4.69, 9.17) is 0 Å². The van der Waals surface area contributed by atoms with Crippen molar-refractivity contribution in [2.24, 2.45) is 12.5 Å². The molecule has 0 bridgehead atoms. The van der Waals surface area contributed by atoms with Gasteiger partial charge in [0.05, 0.1) is 0 Å². The molecule has 0 saturated carbocycles. The molecule has 1 aliphatic rings. The summed E-state index contributed by atoms with van der Waals surface area (Å²) in [6.45, 7) is 11.4.